The van der Waals surface area contributed by atoms with Crippen LogP contribution < -0.4 is 11.1 Å². The number of carbonyl (C=O) groups is 1. The molecule has 0 bridgehead atoms. The Kier molecular flexibility index (Phi) is 5.56. The van der Waals surface area contributed by atoms with Crippen molar-refractivity contribution in [3.8, 4) is 0 Å². The van der Waals surface area contributed by atoms with Crippen LogP contribution in [0.5, 0.6) is 0 Å². The minimum absolute atomic E-state index is 0.0200. The summed E-state index contributed by atoms with van der Waals surface area (Å²) >= 11 is 0. The predicted octanol–water partition coefficient (Wildman–Crippen LogP) is 0.197. The Bertz CT molecular complexity index is 279. The summed E-state index contributed by atoms with van der Waals surface area (Å²) in [6, 6.07) is 0. The normalized spacial score (nSPS) is 24.2. The van der Waals surface area contributed by atoms with Gasteiger partial charge in [0.15, 0.2) is 0 Å². The maximum absolute atomic E-state index is 11.8. The van der Waals surface area contributed by atoms with E-state index in [1.54, 1.807) is 0 Å². The first kappa shape index (κ1) is 15.4. The molecule has 0 aromatic carbocycles. The molecule has 1 amide bonds. The summed E-state index contributed by atoms with van der Waals surface area (Å²) in [5, 5.41) is 2.94. The van der Waals surface area contributed by atoms with E-state index in [1.165, 1.54) is 0 Å². The van der Waals surface area contributed by atoms with Crippen molar-refractivity contribution in [1.29, 1.82) is 0 Å². The lowest BCUT2D eigenvalue weighted by molar-refractivity contribution is -0.141. The van der Waals surface area contributed by atoms with Crippen LogP contribution in [0.1, 0.15) is 27.7 Å². The first-order chi connectivity index (χ1) is 8.32. The van der Waals surface area contributed by atoms with Crippen molar-refractivity contribution >= 4 is 5.91 Å². The lowest BCUT2D eigenvalue weighted by atomic mass is 10.1. The van der Waals surface area contributed by atoms with Crippen LogP contribution in [0.4, 0.5) is 0 Å². The Morgan fingerprint density at radius 2 is 2.22 bits per heavy atom. The molecule has 1 aliphatic rings. The molecule has 106 valence electrons. The first-order valence-corrected chi connectivity index (χ1v) is 6.69. The van der Waals surface area contributed by atoms with Crippen LogP contribution in [0, 0.1) is 5.92 Å². The highest BCUT2D eigenvalue weighted by atomic mass is 16.5. The van der Waals surface area contributed by atoms with Crippen molar-refractivity contribution in [2.75, 3.05) is 32.7 Å². The number of hydrogen-bond acceptors (Lipinski definition) is 4. The zero-order valence-electron chi connectivity index (χ0n) is 12.0. The summed E-state index contributed by atoms with van der Waals surface area (Å²) in [5.41, 5.74) is 5.43. The fourth-order valence-electron chi connectivity index (χ4n) is 2.24. The van der Waals surface area contributed by atoms with E-state index in [2.05, 4.69) is 24.1 Å². The van der Waals surface area contributed by atoms with Gasteiger partial charge >= 0.3 is 0 Å². The number of amides is 1. The van der Waals surface area contributed by atoms with Gasteiger partial charge in [-0.2, -0.15) is 0 Å². The van der Waals surface area contributed by atoms with Gasteiger partial charge in [0, 0.05) is 26.2 Å². The Hall–Kier alpha value is -0.650. The van der Waals surface area contributed by atoms with Crippen LogP contribution in [-0.4, -0.2) is 55.2 Å². The van der Waals surface area contributed by atoms with E-state index in [9.17, 15) is 4.79 Å². The summed E-state index contributed by atoms with van der Waals surface area (Å²) in [4.78, 5) is 13.9. The fourth-order valence-corrected chi connectivity index (χ4v) is 2.24. The number of hydrogen-bond donors (Lipinski definition) is 2. The van der Waals surface area contributed by atoms with Gasteiger partial charge in [-0.1, -0.05) is 13.8 Å². The molecule has 0 spiro atoms. The molecule has 0 aliphatic carbocycles. The van der Waals surface area contributed by atoms with Crippen LogP contribution in [0.15, 0.2) is 0 Å². The molecular weight excluding hydrogens is 230 g/mol. The van der Waals surface area contributed by atoms with Gasteiger partial charge in [-0.05, 0) is 19.8 Å². The molecule has 18 heavy (non-hydrogen) atoms. The molecule has 5 heteroatoms. The predicted molar refractivity (Wildman–Crippen MR) is 72.3 cm³/mol. The van der Waals surface area contributed by atoms with Crippen molar-refractivity contribution in [3.63, 3.8) is 0 Å². The third kappa shape index (κ3) is 5.33. The second-order valence-electron chi connectivity index (χ2n) is 6.10. The number of nitrogens with zero attached hydrogens (tertiary/aromatic N) is 1. The topological polar surface area (TPSA) is 67.6 Å². The molecule has 1 rings (SSSR count). The van der Waals surface area contributed by atoms with E-state index < -0.39 is 0 Å². The third-order valence-corrected chi connectivity index (χ3v) is 2.89. The molecule has 0 aromatic heterocycles. The third-order valence-electron chi connectivity index (χ3n) is 2.89. The number of nitrogens with two attached hydrogens (primary N) is 1. The van der Waals surface area contributed by atoms with E-state index in [1.807, 2.05) is 13.8 Å². The number of nitrogens with one attached hydrogen (secondary N) is 1. The van der Waals surface area contributed by atoms with E-state index in [4.69, 9.17) is 10.5 Å². The maximum Gasteiger partial charge on any atom is 0.234 e. The highest BCUT2D eigenvalue weighted by Crippen LogP contribution is 2.20. The van der Waals surface area contributed by atoms with Gasteiger partial charge in [0.1, 0.15) is 0 Å². The standard InChI is InChI=1S/C13H27N3O2/c1-10(2)6-15-12(17)8-16-7-11(5-14)18-13(3,4)9-16/h10-11H,5-9,14H2,1-4H3,(H,15,17). The van der Waals surface area contributed by atoms with Gasteiger partial charge in [0.25, 0.3) is 0 Å². The van der Waals surface area contributed by atoms with E-state index in [0.29, 0.717) is 19.0 Å². The SMILES string of the molecule is CC(C)CNC(=O)CN1CC(CN)OC(C)(C)C1. The molecule has 1 fully saturated rings. The molecule has 1 saturated heterocycles. The van der Waals surface area contributed by atoms with Gasteiger partial charge in [-0.15, -0.1) is 0 Å². The number of rotatable bonds is 5. The Morgan fingerprint density at radius 1 is 1.56 bits per heavy atom. The van der Waals surface area contributed by atoms with E-state index in [-0.39, 0.29) is 17.6 Å². The van der Waals surface area contributed by atoms with E-state index in [0.717, 1.165) is 19.6 Å². The van der Waals surface area contributed by atoms with Crippen molar-refractivity contribution < 1.29 is 9.53 Å². The number of carbonyl (C=O) groups excluding carboxylic acids is 1. The Balaban J connectivity index is 2.43. The Labute approximate surface area is 110 Å². The largest absolute Gasteiger partial charge is 0.368 e. The molecule has 0 saturated carbocycles. The monoisotopic (exact) mass is 257 g/mol. The number of ether oxygens (including phenoxy) is 1. The minimum Gasteiger partial charge on any atom is -0.368 e. The highest BCUT2D eigenvalue weighted by molar-refractivity contribution is 5.78. The summed E-state index contributed by atoms with van der Waals surface area (Å²) < 4.78 is 5.83. The first-order valence-electron chi connectivity index (χ1n) is 6.69. The molecule has 1 atom stereocenters. The quantitative estimate of drug-likeness (QED) is 0.738. The summed E-state index contributed by atoms with van der Waals surface area (Å²) in [7, 11) is 0. The lowest BCUT2D eigenvalue weighted by Crippen LogP contribution is -2.56. The van der Waals surface area contributed by atoms with E-state index >= 15 is 0 Å². The van der Waals surface area contributed by atoms with Gasteiger partial charge in [-0.25, -0.2) is 0 Å². The van der Waals surface area contributed by atoms with Gasteiger partial charge in [0.05, 0.1) is 18.2 Å². The molecule has 1 unspecified atom stereocenters. The van der Waals surface area contributed by atoms with Crippen molar-refractivity contribution in [2.45, 2.75) is 39.4 Å². The molecular formula is C13H27N3O2. The van der Waals surface area contributed by atoms with Crippen LogP contribution in [0.25, 0.3) is 0 Å². The average molecular weight is 257 g/mol. The minimum atomic E-state index is -0.236. The van der Waals surface area contributed by atoms with Crippen molar-refractivity contribution in [3.05, 3.63) is 0 Å². The smallest absolute Gasteiger partial charge is 0.234 e. The molecule has 1 heterocycles. The van der Waals surface area contributed by atoms with Crippen LogP contribution >= 0.6 is 0 Å². The van der Waals surface area contributed by atoms with Crippen molar-refractivity contribution in [1.82, 2.24) is 10.2 Å². The average Bonchev–Trinajstić information content (AvgIpc) is 2.24. The van der Waals surface area contributed by atoms with Gasteiger partial charge in [-0.3, -0.25) is 9.69 Å². The van der Waals surface area contributed by atoms with Crippen molar-refractivity contribution in [2.24, 2.45) is 11.7 Å². The fraction of sp³-hybridized carbons (Fsp3) is 0.923. The molecule has 3 N–H and O–H groups in total. The number of morpholine rings is 1. The molecule has 0 aromatic rings. The lowest BCUT2D eigenvalue weighted by Gasteiger charge is -2.42. The maximum atomic E-state index is 11.8. The summed E-state index contributed by atoms with van der Waals surface area (Å²) in [6.07, 6.45) is 0.0200. The van der Waals surface area contributed by atoms with Crippen LogP contribution in [0.2, 0.25) is 0 Å². The Morgan fingerprint density at radius 3 is 2.78 bits per heavy atom. The zero-order valence-corrected chi connectivity index (χ0v) is 12.0. The summed E-state index contributed by atoms with van der Waals surface area (Å²) in [5.74, 6) is 0.559. The molecule has 0 radical (unpaired) electrons. The van der Waals surface area contributed by atoms with Crippen LogP contribution in [-0.2, 0) is 9.53 Å². The molecule has 1 aliphatic heterocycles. The summed E-state index contributed by atoms with van der Waals surface area (Å²) in [6.45, 7) is 11.4. The second kappa shape index (κ2) is 6.50. The highest BCUT2D eigenvalue weighted by Gasteiger charge is 2.33. The zero-order chi connectivity index (χ0) is 13.8. The van der Waals surface area contributed by atoms with Gasteiger partial charge in [0.2, 0.25) is 5.91 Å². The molecule has 5 nitrogen and oxygen atoms in total. The second-order valence-corrected chi connectivity index (χ2v) is 6.10. The van der Waals surface area contributed by atoms with Gasteiger partial charge < -0.3 is 15.8 Å². The van der Waals surface area contributed by atoms with Crippen LogP contribution in [0.3, 0.4) is 0 Å².